The van der Waals surface area contributed by atoms with E-state index in [0.717, 1.165) is 208 Å². The number of aryl methyl sites for hydroxylation is 6. The average Bonchev–Trinajstić information content (AvgIpc) is 1.55. The van der Waals surface area contributed by atoms with Crippen LogP contribution in [0.15, 0.2) is 59.7 Å². The highest BCUT2D eigenvalue weighted by Crippen LogP contribution is 2.58. The molecule has 0 aliphatic carbocycles. The molecule has 7 nitrogen and oxygen atoms in total. The van der Waals surface area contributed by atoms with Gasteiger partial charge in [-0.05, 0) is 231 Å². The molecular weight excluding hydrogens is 1660 g/mol. The molecule has 0 bridgehead atoms. The van der Waals surface area contributed by atoms with Crippen molar-refractivity contribution in [2.45, 2.75) is 400 Å². The molecule has 12 rings (SSSR count). The Bertz CT molecular complexity index is 4940. The van der Waals surface area contributed by atoms with Crippen molar-refractivity contribution < 1.29 is 19.2 Å². The highest BCUT2D eigenvalue weighted by Gasteiger charge is 2.51. The molecule has 2 aromatic carbocycles. The Kier molecular flexibility index (Phi) is 37.9. The summed E-state index contributed by atoms with van der Waals surface area (Å²) in [6.45, 7) is 43.0. The Labute approximate surface area is 784 Å². The van der Waals surface area contributed by atoms with Gasteiger partial charge in [0.25, 0.3) is 23.6 Å². The number of rotatable bonds is 58. The van der Waals surface area contributed by atoms with E-state index in [2.05, 4.69) is 178 Å². The molecule has 0 saturated carbocycles. The van der Waals surface area contributed by atoms with Crippen molar-refractivity contribution >= 4 is 155 Å². The Balaban J connectivity index is 1.10. The van der Waals surface area contributed by atoms with E-state index in [1.165, 1.54) is 185 Å². The number of imide groups is 1. The molecule has 0 fully saturated rings. The van der Waals surface area contributed by atoms with E-state index in [0.29, 0.717) is 82.7 Å². The number of fused-ring (bicyclic) bond motifs is 6. The molecule has 7 aromatic heterocycles. The smallest absolute Gasteiger partial charge is 0.263 e. The van der Waals surface area contributed by atoms with Gasteiger partial charge in [0.1, 0.15) is 0 Å². The Hall–Kier alpha value is -5.06. The van der Waals surface area contributed by atoms with Gasteiger partial charge in [-0.3, -0.25) is 24.1 Å². The highest BCUT2D eigenvalue weighted by atomic mass is 32.1. The van der Waals surface area contributed by atoms with Gasteiger partial charge < -0.3 is 9.80 Å². The van der Waals surface area contributed by atoms with Crippen molar-refractivity contribution in [3.63, 3.8) is 0 Å². The number of carbonyl (C=O) groups excluding carboxylic acids is 4. The minimum Gasteiger partial charge on any atom is -0.306 e. The normalized spacial score (nSPS) is 16.2. The molecule has 8 atom stereocenters. The van der Waals surface area contributed by atoms with Crippen LogP contribution in [0.2, 0.25) is 0 Å². The standard InChI is InChI=1S/C111H159N3O4S7/c1-19-35-43-73(27-9)52-56-82-86-63-72(18)120-102(86)83(57-53-74(28-10)44-36-20-2)88-67-94(123-104(82)88)106-98-99(111(118)114(110(98)117)81(64-77(31-13)47-39-23-5)65-78(32-14)48-40-24-6)107(125-106)95-68-89-85(59-55-76(30-12)46-38-22-4)103-87(84(105(89)124-95)58-54-75(29-11)45-37-21-3)66-93(122-103)90-61-62-92(121-90)101-97-96(108(115)113(101)70-80(34-16)50-42-26-8)100(91-60-51-71(17)119-91)112(109(97)116)69-79(33-15)49-41-25-7/h51,60-63,66-68,73-81H,19-50,52-59,64-65,69-70H2,1-18H3. The molecule has 3 aliphatic heterocycles. The molecule has 4 amide bonds. The second-order valence-corrected chi connectivity index (χ2v) is 46.3. The fourth-order valence-electron chi connectivity index (χ4n) is 21.5. The number of hydrogen-bond donors (Lipinski definition) is 0. The maximum atomic E-state index is 17.0. The first-order valence-electron chi connectivity index (χ1n) is 51.1. The fourth-order valence-corrected chi connectivity index (χ4v) is 30.1. The zero-order valence-electron chi connectivity index (χ0n) is 80.8. The van der Waals surface area contributed by atoms with E-state index >= 15 is 19.2 Å². The topological polar surface area (TPSA) is 78.0 Å². The van der Waals surface area contributed by atoms with Crippen LogP contribution in [0.4, 0.5) is 0 Å². The Morgan fingerprint density at radius 1 is 0.280 bits per heavy atom. The van der Waals surface area contributed by atoms with Crippen LogP contribution in [0, 0.1) is 61.2 Å². The molecule has 14 heteroatoms. The van der Waals surface area contributed by atoms with Gasteiger partial charge in [-0.25, -0.2) is 0 Å². The number of hydrogen-bond acceptors (Lipinski definition) is 11. The zero-order chi connectivity index (χ0) is 89.1. The number of nitrogens with zero attached hydrogens (tertiary/aromatic N) is 3. The van der Waals surface area contributed by atoms with Crippen LogP contribution in [-0.4, -0.2) is 57.5 Å². The summed E-state index contributed by atoms with van der Waals surface area (Å²) in [7, 11) is 0. The van der Waals surface area contributed by atoms with Gasteiger partial charge in [0.2, 0.25) is 0 Å². The third-order valence-electron chi connectivity index (χ3n) is 29.9. The van der Waals surface area contributed by atoms with Crippen LogP contribution in [0.1, 0.15) is 417 Å². The second kappa shape index (κ2) is 47.9. The van der Waals surface area contributed by atoms with Crippen LogP contribution >= 0.6 is 79.4 Å². The largest absolute Gasteiger partial charge is 0.306 e. The summed E-state index contributed by atoms with van der Waals surface area (Å²) in [4.78, 5) is 83.1. The minimum absolute atomic E-state index is 0.0189. The Morgan fingerprint density at radius 2 is 0.584 bits per heavy atom. The molecule has 10 heterocycles. The maximum Gasteiger partial charge on any atom is 0.263 e. The van der Waals surface area contributed by atoms with E-state index < -0.39 is 0 Å². The lowest BCUT2D eigenvalue weighted by molar-refractivity contribution is -0.124. The molecule has 9 aromatic rings. The summed E-state index contributed by atoms with van der Waals surface area (Å²) in [5, 5.41) is 5.53. The second-order valence-electron chi connectivity index (χ2n) is 38.5. The number of carbonyl (C=O) groups is 4. The highest BCUT2D eigenvalue weighted by molar-refractivity contribution is 7.31. The third kappa shape index (κ3) is 22.5. The van der Waals surface area contributed by atoms with Gasteiger partial charge in [-0.2, -0.15) is 0 Å². The predicted molar refractivity (Wildman–Crippen MR) is 554 cm³/mol. The van der Waals surface area contributed by atoms with E-state index in [9.17, 15) is 0 Å². The van der Waals surface area contributed by atoms with Gasteiger partial charge in [0.15, 0.2) is 0 Å². The third-order valence-corrected chi connectivity index (χ3v) is 38.5. The van der Waals surface area contributed by atoms with Crippen molar-refractivity contribution in [2.24, 2.45) is 47.3 Å². The van der Waals surface area contributed by atoms with Gasteiger partial charge in [0.05, 0.1) is 53.2 Å². The van der Waals surface area contributed by atoms with E-state index in [4.69, 9.17) is 0 Å². The summed E-state index contributed by atoms with van der Waals surface area (Å²) in [6, 6.07) is 18.9. The number of thiophene rings is 7. The number of benzene rings is 2. The minimum atomic E-state index is -0.191. The van der Waals surface area contributed by atoms with Gasteiger partial charge in [-0.15, -0.1) is 79.4 Å². The van der Waals surface area contributed by atoms with Crippen LogP contribution in [0.25, 0.3) is 81.0 Å². The van der Waals surface area contributed by atoms with E-state index in [1.54, 1.807) is 34.0 Å². The van der Waals surface area contributed by atoms with Crippen LogP contribution in [-0.2, 0) is 35.3 Å². The van der Waals surface area contributed by atoms with Gasteiger partial charge in [-0.1, -0.05) is 303 Å². The molecule has 684 valence electrons. The molecule has 0 radical (unpaired) electrons. The van der Waals surface area contributed by atoms with Crippen LogP contribution < -0.4 is 0 Å². The summed E-state index contributed by atoms with van der Waals surface area (Å²) >= 11 is 13.1. The van der Waals surface area contributed by atoms with E-state index in [1.807, 2.05) is 55.1 Å². The molecule has 125 heavy (non-hydrogen) atoms. The first-order valence-corrected chi connectivity index (χ1v) is 56.8. The first-order chi connectivity index (χ1) is 60.8. The van der Waals surface area contributed by atoms with Crippen molar-refractivity contribution in [1.29, 1.82) is 0 Å². The van der Waals surface area contributed by atoms with Gasteiger partial charge in [0, 0.05) is 67.2 Å². The molecule has 0 saturated heterocycles. The van der Waals surface area contributed by atoms with Crippen molar-refractivity contribution in [1.82, 2.24) is 14.7 Å². The summed E-state index contributed by atoms with van der Waals surface area (Å²) in [5.41, 5.74) is 10.0. The van der Waals surface area contributed by atoms with Crippen molar-refractivity contribution in [3.05, 3.63) is 113 Å². The molecule has 8 unspecified atom stereocenters. The van der Waals surface area contributed by atoms with Crippen LogP contribution in [0.5, 0.6) is 0 Å². The lowest BCUT2D eigenvalue weighted by atomic mass is 9.84. The van der Waals surface area contributed by atoms with Crippen LogP contribution in [0.3, 0.4) is 0 Å². The number of unbranched alkanes of at least 4 members (excludes halogenated alkanes) is 8. The SMILES string of the molecule is CCCCC(CC)CCc1c2cc(-c3sc(-c4cc5c(CCC(CC)CCCC)c6sc(-c7ccc(C8=C9C(=O)N(CC(CC)CCCC)C(c%10ccc(C)s%10)=C9C(=O)N8CC(CC)CCCC)s7)cc6c(CCC(CC)CCCC)c5s4)c4c3C(=O)N(C(CC(CC)CCCC)CC(CC)CCCC)C4=O)sc2c(CCC(CC)CCCC)c2cc(C)sc12. The summed E-state index contributed by atoms with van der Waals surface area (Å²) in [6.07, 6.45) is 47.0. The first kappa shape index (κ1) is 99.0. The van der Waals surface area contributed by atoms with Gasteiger partial charge >= 0.3 is 0 Å². The van der Waals surface area contributed by atoms with Crippen molar-refractivity contribution in [3.8, 4) is 29.3 Å². The lowest BCUT2D eigenvalue weighted by Crippen LogP contribution is -2.42. The van der Waals surface area contributed by atoms with E-state index in [-0.39, 0.29) is 29.7 Å². The fraction of sp³-hybridized carbons (Fsp3) is 0.640. The zero-order valence-corrected chi connectivity index (χ0v) is 86.5. The summed E-state index contributed by atoms with van der Waals surface area (Å²) < 4.78 is 5.61. The summed E-state index contributed by atoms with van der Waals surface area (Å²) in [5.74, 6) is 3.82. The number of amides is 4. The van der Waals surface area contributed by atoms with Crippen molar-refractivity contribution in [2.75, 3.05) is 13.1 Å². The monoisotopic (exact) mass is 1820 g/mol. The molecule has 0 spiro atoms. The quantitative estimate of drug-likeness (QED) is 0.0356. The molecule has 3 aliphatic rings. The molecular formula is C111H159N3O4S7. The molecule has 0 N–H and O–H groups in total. The average molecular weight is 1820 g/mol. The maximum absolute atomic E-state index is 17.0. The predicted octanol–water partition coefficient (Wildman–Crippen LogP) is 36.4. The lowest BCUT2D eigenvalue weighted by Gasteiger charge is -2.32. The Morgan fingerprint density at radius 3 is 0.928 bits per heavy atom.